The van der Waals surface area contributed by atoms with Gasteiger partial charge in [-0.2, -0.15) is 0 Å². The molecule has 2 aromatic rings. The van der Waals surface area contributed by atoms with Gasteiger partial charge in [-0.3, -0.25) is 4.79 Å². The molecule has 0 fully saturated rings. The van der Waals surface area contributed by atoms with Gasteiger partial charge in [0, 0.05) is 13.1 Å². The lowest BCUT2D eigenvalue weighted by Crippen LogP contribution is -2.31. The Bertz CT molecular complexity index is 810. The minimum Gasteiger partial charge on any atom is -0.455 e. The van der Waals surface area contributed by atoms with Crippen LogP contribution in [0.1, 0.15) is 21.9 Å². The summed E-state index contributed by atoms with van der Waals surface area (Å²) in [5.74, 6) is -0.265. The predicted molar refractivity (Wildman–Crippen MR) is 91.7 cm³/mol. The van der Waals surface area contributed by atoms with Crippen molar-refractivity contribution >= 4 is 15.7 Å². The van der Waals surface area contributed by atoms with Crippen molar-refractivity contribution in [3.05, 3.63) is 53.5 Å². The summed E-state index contributed by atoms with van der Waals surface area (Å²) in [6.07, 6.45) is 0. The summed E-state index contributed by atoms with van der Waals surface area (Å²) in [4.78, 5) is 14.2. The zero-order chi connectivity index (χ0) is 17.7. The second kappa shape index (κ2) is 7.63. The van der Waals surface area contributed by atoms with Crippen LogP contribution >= 0.6 is 0 Å². The number of carbonyl (C=O) groups is 1. The molecule has 1 amide bonds. The summed E-state index contributed by atoms with van der Waals surface area (Å²) >= 11 is 0. The zero-order valence-electron chi connectivity index (χ0n) is 14.1. The normalized spacial score (nSPS) is 11.7. The fourth-order valence-corrected chi connectivity index (χ4v) is 3.76. The van der Waals surface area contributed by atoms with E-state index in [9.17, 15) is 13.2 Å². The molecule has 0 bridgehead atoms. The van der Waals surface area contributed by atoms with Crippen LogP contribution in [0.5, 0.6) is 0 Å². The van der Waals surface area contributed by atoms with Crippen LogP contribution in [0.25, 0.3) is 0 Å². The van der Waals surface area contributed by atoms with E-state index in [2.05, 4.69) is 5.32 Å². The molecule has 0 aliphatic carbocycles. The molecule has 0 atom stereocenters. The van der Waals surface area contributed by atoms with Crippen molar-refractivity contribution in [3.8, 4) is 0 Å². The van der Waals surface area contributed by atoms with E-state index in [0.29, 0.717) is 18.7 Å². The van der Waals surface area contributed by atoms with Crippen molar-refractivity contribution in [2.24, 2.45) is 0 Å². The topological polar surface area (TPSA) is 79.6 Å². The van der Waals surface area contributed by atoms with E-state index in [1.54, 1.807) is 31.2 Å². The fourth-order valence-electron chi connectivity index (χ4n) is 2.23. The van der Waals surface area contributed by atoms with E-state index in [1.807, 2.05) is 19.0 Å². The van der Waals surface area contributed by atoms with Crippen molar-refractivity contribution in [1.82, 2.24) is 10.2 Å². The number of rotatable bonds is 7. The summed E-state index contributed by atoms with van der Waals surface area (Å²) in [5, 5.41) is 2.72. The molecular weight excluding hydrogens is 328 g/mol. The SMILES string of the molecule is Cc1ccccc1S(=O)(=O)Cc1ccc(C(=O)NCCN(C)C)o1. The van der Waals surface area contributed by atoms with Gasteiger partial charge in [0.2, 0.25) is 0 Å². The molecular formula is C17H22N2O4S. The molecule has 0 spiro atoms. The first-order valence-electron chi connectivity index (χ1n) is 7.59. The van der Waals surface area contributed by atoms with E-state index in [-0.39, 0.29) is 28.1 Å². The maximum absolute atomic E-state index is 12.5. The Morgan fingerprint density at radius 1 is 1.17 bits per heavy atom. The average molecular weight is 350 g/mol. The maximum atomic E-state index is 12.5. The van der Waals surface area contributed by atoms with E-state index in [0.717, 1.165) is 0 Å². The van der Waals surface area contributed by atoms with Crippen LogP contribution in [-0.2, 0) is 15.6 Å². The largest absolute Gasteiger partial charge is 0.455 e. The number of carbonyl (C=O) groups excluding carboxylic acids is 1. The summed E-state index contributed by atoms with van der Waals surface area (Å²) in [6.45, 7) is 2.95. The highest BCUT2D eigenvalue weighted by Gasteiger charge is 2.20. The van der Waals surface area contributed by atoms with Gasteiger partial charge in [-0.15, -0.1) is 0 Å². The van der Waals surface area contributed by atoms with E-state index in [1.165, 1.54) is 12.1 Å². The Morgan fingerprint density at radius 3 is 2.54 bits per heavy atom. The van der Waals surface area contributed by atoms with Crippen LogP contribution in [0.2, 0.25) is 0 Å². The van der Waals surface area contributed by atoms with Crippen molar-refractivity contribution in [2.75, 3.05) is 27.2 Å². The van der Waals surface area contributed by atoms with Gasteiger partial charge in [0.25, 0.3) is 5.91 Å². The predicted octanol–water partition coefficient (Wildman–Crippen LogP) is 1.85. The number of nitrogens with one attached hydrogen (secondary N) is 1. The minimum atomic E-state index is -3.52. The summed E-state index contributed by atoms with van der Waals surface area (Å²) in [6, 6.07) is 9.81. The van der Waals surface area contributed by atoms with E-state index >= 15 is 0 Å². The van der Waals surface area contributed by atoms with Crippen LogP contribution in [0, 0.1) is 6.92 Å². The second-order valence-corrected chi connectivity index (χ2v) is 7.81. The van der Waals surface area contributed by atoms with Gasteiger partial charge >= 0.3 is 0 Å². The lowest BCUT2D eigenvalue weighted by Gasteiger charge is -2.09. The standard InChI is InChI=1S/C17H22N2O4S/c1-13-6-4-5-7-16(13)24(21,22)12-14-8-9-15(23-14)17(20)18-10-11-19(2)3/h4-9H,10-12H2,1-3H3,(H,18,20). The Hall–Kier alpha value is -2.12. The molecule has 1 heterocycles. The van der Waals surface area contributed by atoms with Crippen molar-refractivity contribution < 1.29 is 17.6 Å². The summed E-state index contributed by atoms with van der Waals surface area (Å²) < 4.78 is 30.4. The highest BCUT2D eigenvalue weighted by atomic mass is 32.2. The van der Waals surface area contributed by atoms with Crippen LogP contribution in [0.15, 0.2) is 45.7 Å². The van der Waals surface area contributed by atoms with Gasteiger partial charge in [0.05, 0.1) is 4.90 Å². The lowest BCUT2D eigenvalue weighted by molar-refractivity contribution is 0.0922. The van der Waals surface area contributed by atoms with Crippen LogP contribution in [0.3, 0.4) is 0 Å². The molecule has 24 heavy (non-hydrogen) atoms. The Labute approximate surface area is 142 Å². The number of furan rings is 1. The third kappa shape index (κ3) is 4.69. The van der Waals surface area contributed by atoms with E-state index < -0.39 is 9.84 Å². The third-order valence-corrected chi connectivity index (χ3v) is 5.28. The second-order valence-electron chi connectivity index (χ2n) is 5.85. The molecule has 0 unspecified atom stereocenters. The Balaban J connectivity index is 2.06. The number of hydrogen-bond acceptors (Lipinski definition) is 5. The summed E-state index contributed by atoms with van der Waals surface area (Å²) in [7, 11) is 0.304. The maximum Gasteiger partial charge on any atom is 0.287 e. The third-order valence-electron chi connectivity index (χ3n) is 3.49. The average Bonchev–Trinajstić information content (AvgIpc) is 2.94. The van der Waals surface area contributed by atoms with Gasteiger partial charge < -0.3 is 14.6 Å². The fraction of sp³-hybridized carbons (Fsp3) is 0.353. The highest BCUT2D eigenvalue weighted by molar-refractivity contribution is 7.90. The van der Waals surface area contributed by atoms with Gasteiger partial charge in [-0.05, 0) is 44.8 Å². The van der Waals surface area contributed by atoms with Crippen LogP contribution in [-0.4, -0.2) is 46.4 Å². The van der Waals surface area contributed by atoms with Gasteiger partial charge in [0.1, 0.15) is 11.5 Å². The lowest BCUT2D eigenvalue weighted by atomic mass is 10.2. The van der Waals surface area contributed by atoms with Crippen LogP contribution < -0.4 is 5.32 Å². The molecule has 0 aliphatic heterocycles. The Kier molecular flexibility index (Phi) is 5.80. The van der Waals surface area contributed by atoms with Gasteiger partial charge in [0.15, 0.2) is 15.6 Å². The number of likely N-dealkylation sites (N-methyl/N-ethyl adjacent to an activating group) is 1. The molecule has 0 saturated carbocycles. The first-order chi connectivity index (χ1) is 11.3. The summed E-state index contributed by atoms with van der Waals surface area (Å²) in [5.41, 5.74) is 0.686. The number of aryl methyl sites for hydroxylation is 1. The molecule has 2 rings (SSSR count). The molecule has 1 N–H and O–H groups in total. The number of sulfone groups is 1. The smallest absolute Gasteiger partial charge is 0.287 e. The van der Waals surface area contributed by atoms with Crippen molar-refractivity contribution in [3.63, 3.8) is 0 Å². The monoisotopic (exact) mass is 350 g/mol. The van der Waals surface area contributed by atoms with Crippen molar-refractivity contribution in [1.29, 1.82) is 0 Å². The molecule has 0 aliphatic rings. The first-order valence-corrected chi connectivity index (χ1v) is 9.25. The van der Waals surface area contributed by atoms with E-state index in [4.69, 9.17) is 4.42 Å². The van der Waals surface area contributed by atoms with Gasteiger partial charge in [-0.25, -0.2) is 8.42 Å². The molecule has 0 saturated heterocycles. The molecule has 7 heteroatoms. The molecule has 1 aromatic carbocycles. The molecule has 0 radical (unpaired) electrons. The number of hydrogen-bond donors (Lipinski definition) is 1. The zero-order valence-corrected chi connectivity index (χ0v) is 14.9. The van der Waals surface area contributed by atoms with Gasteiger partial charge in [-0.1, -0.05) is 18.2 Å². The quantitative estimate of drug-likeness (QED) is 0.824. The highest BCUT2D eigenvalue weighted by Crippen LogP contribution is 2.21. The molecule has 130 valence electrons. The number of benzene rings is 1. The first kappa shape index (κ1) is 18.2. The Morgan fingerprint density at radius 2 is 1.88 bits per heavy atom. The van der Waals surface area contributed by atoms with Crippen LogP contribution in [0.4, 0.5) is 0 Å². The number of amides is 1. The number of nitrogens with zero attached hydrogens (tertiary/aromatic N) is 1. The van der Waals surface area contributed by atoms with Crippen molar-refractivity contribution in [2.45, 2.75) is 17.6 Å². The molecule has 1 aromatic heterocycles. The molecule has 6 nitrogen and oxygen atoms in total. The minimum absolute atomic E-state index is 0.115.